The molecule has 0 aliphatic heterocycles. The maximum absolute atomic E-state index is 12.4. The number of amides is 1. The molecule has 0 fully saturated rings. The van der Waals surface area contributed by atoms with Gasteiger partial charge < -0.3 is 10.3 Å². The predicted octanol–water partition coefficient (Wildman–Crippen LogP) is 4.23. The number of hydrogen-bond acceptors (Lipinski definition) is 1. The Morgan fingerprint density at radius 1 is 1.09 bits per heavy atom. The van der Waals surface area contributed by atoms with E-state index in [1.165, 1.54) is 10.9 Å². The number of benzene rings is 2. The van der Waals surface area contributed by atoms with E-state index >= 15 is 0 Å². The Kier molecular flexibility index (Phi) is 3.95. The number of fused-ring (bicyclic) bond motifs is 1. The molecule has 0 radical (unpaired) electrons. The number of rotatable bonds is 4. The molecule has 0 aliphatic rings. The highest BCUT2D eigenvalue weighted by molar-refractivity contribution is 5.94. The van der Waals surface area contributed by atoms with Gasteiger partial charge in [0.05, 0.1) is 0 Å². The molecule has 1 amide bonds. The molecule has 0 unspecified atom stereocenters. The molecule has 3 rings (SSSR count). The van der Waals surface area contributed by atoms with Gasteiger partial charge in [-0.25, -0.2) is 0 Å². The van der Waals surface area contributed by atoms with E-state index < -0.39 is 0 Å². The normalized spacial score (nSPS) is 11.6. The Balaban J connectivity index is 1.76. The van der Waals surface area contributed by atoms with Crippen LogP contribution in [0.1, 0.15) is 35.3 Å². The summed E-state index contributed by atoms with van der Waals surface area (Å²) in [6.45, 7) is 6.13. The van der Waals surface area contributed by atoms with Crippen LogP contribution in [0.25, 0.3) is 10.9 Å². The van der Waals surface area contributed by atoms with Crippen molar-refractivity contribution in [2.45, 2.75) is 32.7 Å². The largest absolute Gasteiger partial charge is 0.361 e. The van der Waals surface area contributed by atoms with E-state index in [-0.39, 0.29) is 11.4 Å². The fraction of sp³-hybridized carbons (Fsp3) is 0.250. The molecular formula is C20H22N2O. The SMILES string of the molecule is Cc1ccc(C(=O)NC(C)(C)Cc2c[nH]c3ccccc23)cc1. The molecule has 3 heteroatoms. The van der Waals surface area contributed by atoms with Crippen LogP contribution in [-0.2, 0) is 6.42 Å². The second-order valence-electron chi connectivity index (χ2n) is 6.74. The topological polar surface area (TPSA) is 44.9 Å². The molecule has 0 bridgehead atoms. The van der Waals surface area contributed by atoms with Gasteiger partial charge in [-0.3, -0.25) is 4.79 Å². The van der Waals surface area contributed by atoms with Gasteiger partial charge in [-0.2, -0.15) is 0 Å². The van der Waals surface area contributed by atoms with Gasteiger partial charge in [-0.1, -0.05) is 35.9 Å². The zero-order valence-corrected chi connectivity index (χ0v) is 13.8. The van der Waals surface area contributed by atoms with Crippen LogP contribution in [0.4, 0.5) is 0 Å². The number of carbonyl (C=O) groups excluding carboxylic acids is 1. The lowest BCUT2D eigenvalue weighted by atomic mass is 9.94. The quantitative estimate of drug-likeness (QED) is 0.744. The Bertz CT molecular complexity index is 828. The first kappa shape index (κ1) is 15.3. The number of aromatic nitrogens is 1. The van der Waals surface area contributed by atoms with Crippen LogP contribution in [0, 0.1) is 6.92 Å². The van der Waals surface area contributed by atoms with Crippen molar-refractivity contribution >= 4 is 16.8 Å². The number of carbonyl (C=O) groups is 1. The van der Waals surface area contributed by atoms with Crippen LogP contribution < -0.4 is 5.32 Å². The summed E-state index contributed by atoms with van der Waals surface area (Å²) in [6, 6.07) is 15.9. The summed E-state index contributed by atoms with van der Waals surface area (Å²) >= 11 is 0. The third-order valence-electron chi connectivity index (χ3n) is 4.07. The maximum atomic E-state index is 12.4. The van der Waals surface area contributed by atoms with E-state index in [1.807, 2.05) is 49.5 Å². The second-order valence-corrected chi connectivity index (χ2v) is 6.74. The lowest BCUT2D eigenvalue weighted by Gasteiger charge is -2.26. The Morgan fingerprint density at radius 2 is 1.78 bits per heavy atom. The smallest absolute Gasteiger partial charge is 0.251 e. The highest BCUT2D eigenvalue weighted by atomic mass is 16.1. The van der Waals surface area contributed by atoms with Gasteiger partial charge in [0.1, 0.15) is 0 Å². The molecule has 2 N–H and O–H groups in total. The number of para-hydroxylation sites is 1. The zero-order chi connectivity index (χ0) is 16.4. The van der Waals surface area contributed by atoms with E-state index in [9.17, 15) is 4.79 Å². The van der Waals surface area contributed by atoms with E-state index in [0.717, 1.165) is 17.5 Å². The minimum atomic E-state index is -0.326. The summed E-state index contributed by atoms with van der Waals surface area (Å²) in [5, 5.41) is 4.36. The van der Waals surface area contributed by atoms with Crippen molar-refractivity contribution in [1.82, 2.24) is 10.3 Å². The van der Waals surface area contributed by atoms with E-state index in [4.69, 9.17) is 0 Å². The van der Waals surface area contributed by atoms with Crippen molar-refractivity contribution in [2.75, 3.05) is 0 Å². The standard InChI is InChI=1S/C20H22N2O/c1-14-8-10-15(11-9-14)19(23)22-20(2,3)12-16-13-21-18-7-5-4-6-17(16)18/h4-11,13,21H,12H2,1-3H3,(H,22,23). The Hall–Kier alpha value is -2.55. The summed E-state index contributed by atoms with van der Waals surface area (Å²) in [7, 11) is 0. The second kappa shape index (κ2) is 5.92. The molecule has 3 aromatic rings. The van der Waals surface area contributed by atoms with Gasteiger partial charge in [0.15, 0.2) is 0 Å². The fourth-order valence-electron chi connectivity index (χ4n) is 2.88. The number of H-pyrrole nitrogens is 1. The van der Waals surface area contributed by atoms with Gasteiger partial charge >= 0.3 is 0 Å². The molecule has 1 aromatic heterocycles. The highest BCUT2D eigenvalue weighted by Crippen LogP contribution is 2.22. The van der Waals surface area contributed by atoms with Crippen molar-refractivity contribution in [1.29, 1.82) is 0 Å². The van der Waals surface area contributed by atoms with Crippen LogP contribution in [0.15, 0.2) is 54.7 Å². The highest BCUT2D eigenvalue weighted by Gasteiger charge is 2.23. The molecule has 0 aliphatic carbocycles. The van der Waals surface area contributed by atoms with Crippen LogP contribution in [0.3, 0.4) is 0 Å². The minimum Gasteiger partial charge on any atom is -0.361 e. The van der Waals surface area contributed by atoms with Crippen molar-refractivity contribution in [2.24, 2.45) is 0 Å². The minimum absolute atomic E-state index is 0.0326. The first-order chi connectivity index (χ1) is 10.9. The maximum Gasteiger partial charge on any atom is 0.251 e. The van der Waals surface area contributed by atoms with Gasteiger partial charge in [0.2, 0.25) is 0 Å². The van der Waals surface area contributed by atoms with Crippen LogP contribution in [0.2, 0.25) is 0 Å². The summed E-state index contributed by atoms with van der Waals surface area (Å²) in [5.41, 5.74) is 3.87. The monoisotopic (exact) mass is 306 g/mol. The third-order valence-corrected chi connectivity index (χ3v) is 4.07. The Labute approximate surface area is 136 Å². The van der Waals surface area contributed by atoms with Crippen molar-refractivity contribution in [3.63, 3.8) is 0 Å². The molecule has 2 aromatic carbocycles. The molecule has 23 heavy (non-hydrogen) atoms. The third kappa shape index (κ3) is 3.45. The van der Waals surface area contributed by atoms with Gasteiger partial charge in [0, 0.05) is 28.2 Å². The zero-order valence-electron chi connectivity index (χ0n) is 13.8. The van der Waals surface area contributed by atoms with Crippen LogP contribution in [-0.4, -0.2) is 16.4 Å². The summed E-state index contributed by atoms with van der Waals surface area (Å²) in [6.07, 6.45) is 2.80. The summed E-state index contributed by atoms with van der Waals surface area (Å²) < 4.78 is 0. The Morgan fingerprint density at radius 3 is 2.52 bits per heavy atom. The lowest BCUT2D eigenvalue weighted by molar-refractivity contribution is 0.0913. The molecule has 3 nitrogen and oxygen atoms in total. The molecule has 0 saturated carbocycles. The van der Waals surface area contributed by atoms with Crippen LogP contribution in [0.5, 0.6) is 0 Å². The lowest BCUT2D eigenvalue weighted by Crippen LogP contribution is -2.45. The number of aromatic amines is 1. The van der Waals surface area contributed by atoms with Gasteiger partial charge in [-0.15, -0.1) is 0 Å². The molecular weight excluding hydrogens is 284 g/mol. The van der Waals surface area contributed by atoms with E-state index in [1.54, 1.807) is 0 Å². The van der Waals surface area contributed by atoms with Gasteiger partial charge in [-0.05, 0) is 51.0 Å². The fourth-order valence-corrected chi connectivity index (χ4v) is 2.88. The number of aryl methyl sites for hydroxylation is 1. The first-order valence-electron chi connectivity index (χ1n) is 7.89. The molecule has 118 valence electrons. The molecule has 0 spiro atoms. The van der Waals surface area contributed by atoms with Gasteiger partial charge in [0.25, 0.3) is 5.91 Å². The summed E-state index contributed by atoms with van der Waals surface area (Å²) in [5.74, 6) is -0.0326. The average Bonchev–Trinajstić information content (AvgIpc) is 2.90. The van der Waals surface area contributed by atoms with Crippen molar-refractivity contribution in [3.05, 3.63) is 71.4 Å². The first-order valence-corrected chi connectivity index (χ1v) is 7.89. The molecule has 1 heterocycles. The average molecular weight is 306 g/mol. The van der Waals surface area contributed by atoms with E-state index in [2.05, 4.69) is 36.3 Å². The molecule has 0 saturated heterocycles. The van der Waals surface area contributed by atoms with Crippen LogP contribution >= 0.6 is 0 Å². The molecule has 0 atom stereocenters. The predicted molar refractivity (Wildman–Crippen MR) is 94.7 cm³/mol. The number of hydrogen-bond donors (Lipinski definition) is 2. The van der Waals surface area contributed by atoms with E-state index in [0.29, 0.717) is 5.56 Å². The van der Waals surface area contributed by atoms with Crippen molar-refractivity contribution in [3.8, 4) is 0 Å². The summed E-state index contributed by atoms with van der Waals surface area (Å²) in [4.78, 5) is 15.7. The number of nitrogens with one attached hydrogen (secondary N) is 2. The van der Waals surface area contributed by atoms with Crippen molar-refractivity contribution < 1.29 is 4.79 Å².